The molecule has 0 aliphatic carbocycles. The van der Waals surface area contributed by atoms with Crippen LogP contribution >= 0.6 is 0 Å². The Balaban J connectivity index is 1.83. The molecule has 1 N–H and O–H groups in total. The maximum atomic E-state index is 11.0. The van der Waals surface area contributed by atoms with E-state index >= 15 is 0 Å². The fourth-order valence-electron chi connectivity index (χ4n) is 3.43. The largest absolute Gasteiger partial charge is 0.507 e. The zero-order chi connectivity index (χ0) is 20.6. The Morgan fingerprint density at radius 2 is 1.62 bits per heavy atom. The van der Waals surface area contributed by atoms with E-state index in [1.165, 1.54) is 0 Å². The number of rotatable bonds is 8. The van der Waals surface area contributed by atoms with Gasteiger partial charge >= 0.3 is 0 Å². The van der Waals surface area contributed by atoms with E-state index in [4.69, 9.17) is 18.9 Å². The van der Waals surface area contributed by atoms with Crippen LogP contribution in [0.1, 0.15) is 16.7 Å². The molecule has 6 heteroatoms. The summed E-state index contributed by atoms with van der Waals surface area (Å²) in [7, 11) is 4.87. The van der Waals surface area contributed by atoms with Crippen LogP contribution in [0.25, 0.3) is 6.08 Å². The van der Waals surface area contributed by atoms with Gasteiger partial charge in [-0.2, -0.15) is 0 Å². The number of phenolic OH excluding ortho intramolecular Hbond substituents is 1. The summed E-state index contributed by atoms with van der Waals surface area (Å²) in [4.78, 5) is 2.25. The average molecular weight is 399 g/mol. The van der Waals surface area contributed by atoms with Crippen molar-refractivity contribution in [2.24, 2.45) is 0 Å². The first kappa shape index (κ1) is 21.0. The van der Waals surface area contributed by atoms with Gasteiger partial charge in [-0.25, -0.2) is 0 Å². The lowest BCUT2D eigenvalue weighted by atomic mass is 10.0. The van der Waals surface area contributed by atoms with E-state index in [0.29, 0.717) is 37.7 Å². The third-order valence-corrected chi connectivity index (χ3v) is 5.10. The first-order chi connectivity index (χ1) is 14.2. The highest BCUT2D eigenvalue weighted by Gasteiger charge is 2.21. The topological polar surface area (TPSA) is 60.4 Å². The fraction of sp³-hybridized carbons (Fsp3) is 0.391. The monoisotopic (exact) mass is 399 g/mol. The van der Waals surface area contributed by atoms with Crippen molar-refractivity contribution in [3.05, 3.63) is 53.1 Å². The molecule has 0 unspecified atom stereocenters. The second-order valence-electron chi connectivity index (χ2n) is 6.85. The number of benzene rings is 2. The third-order valence-electron chi connectivity index (χ3n) is 5.10. The molecule has 1 fully saturated rings. The van der Waals surface area contributed by atoms with Crippen LogP contribution < -0.4 is 14.2 Å². The number of phenols is 1. The first-order valence-corrected chi connectivity index (χ1v) is 9.72. The molecule has 156 valence electrons. The Labute approximate surface area is 172 Å². The van der Waals surface area contributed by atoms with Gasteiger partial charge in [0.1, 0.15) is 23.0 Å². The van der Waals surface area contributed by atoms with Crippen LogP contribution in [0.15, 0.2) is 36.4 Å². The van der Waals surface area contributed by atoms with Crippen LogP contribution in [-0.2, 0) is 17.7 Å². The minimum atomic E-state index is 0.229. The van der Waals surface area contributed by atoms with E-state index in [1.807, 2.05) is 42.5 Å². The van der Waals surface area contributed by atoms with Crippen LogP contribution in [0.3, 0.4) is 0 Å². The summed E-state index contributed by atoms with van der Waals surface area (Å²) in [6.45, 7) is 3.69. The SMILES string of the molecule is COc1ccc(/C=C/Cc2c(OC)cc(OC)c(CN3CCOCC3)c2O)cc1. The number of morpholine rings is 1. The van der Waals surface area contributed by atoms with Gasteiger partial charge in [0, 0.05) is 31.3 Å². The predicted octanol–water partition coefficient (Wildman–Crippen LogP) is 3.51. The molecule has 1 aliphatic rings. The number of ether oxygens (including phenoxy) is 4. The van der Waals surface area contributed by atoms with Crippen molar-refractivity contribution in [2.45, 2.75) is 13.0 Å². The summed E-state index contributed by atoms with van der Waals surface area (Å²) < 4.78 is 21.7. The molecule has 1 aliphatic heterocycles. The van der Waals surface area contributed by atoms with Crippen LogP contribution in [-0.4, -0.2) is 57.6 Å². The van der Waals surface area contributed by atoms with Crippen LogP contribution in [0.5, 0.6) is 23.0 Å². The highest BCUT2D eigenvalue weighted by Crippen LogP contribution is 2.40. The van der Waals surface area contributed by atoms with Gasteiger partial charge in [0.05, 0.1) is 40.1 Å². The second kappa shape index (κ2) is 10.2. The molecule has 0 radical (unpaired) electrons. The van der Waals surface area contributed by atoms with E-state index in [9.17, 15) is 5.11 Å². The lowest BCUT2D eigenvalue weighted by molar-refractivity contribution is 0.0335. The second-order valence-corrected chi connectivity index (χ2v) is 6.85. The van der Waals surface area contributed by atoms with Crippen molar-refractivity contribution in [1.29, 1.82) is 0 Å². The van der Waals surface area contributed by atoms with Crippen molar-refractivity contribution in [2.75, 3.05) is 47.6 Å². The minimum absolute atomic E-state index is 0.229. The number of allylic oxidation sites excluding steroid dienone is 1. The molecule has 3 rings (SSSR count). The average Bonchev–Trinajstić information content (AvgIpc) is 2.77. The number of methoxy groups -OCH3 is 3. The molecule has 0 bridgehead atoms. The summed E-state index contributed by atoms with van der Waals surface area (Å²) in [6.07, 6.45) is 4.58. The number of nitrogens with zero attached hydrogens (tertiary/aromatic N) is 1. The lowest BCUT2D eigenvalue weighted by Crippen LogP contribution is -2.35. The van der Waals surface area contributed by atoms with Gasteiger partial charge in [0.15, 0.2) is 0 Å². The smallest absolute Gasteiger partial charge is 0.131 e. The van der Waals surface area contributed by atoms with Crippen molar-refractivity contribution >= 4 is 6.08 Å². The standard InChI is InChI=1S/C23H29NO5/c1-26-18-9-7-17(8-10-18)5-4-6-19-21(27-2)15-22(28-3)20(23(19)25)16-24-11-13-29-14-12-24/h4-5,7-10,15,25H,6,11-14,16H2,1-3H3/b5-4+. The van der Waals surface area contributed by atoms with Crippen LogP contribution in [0, 0.1) is 0 Å². The van der Waals surface area contributed by atoms with Crippen molar-refractivity contribution in [3.63, 3.8) is 0 Å². The van der Waals surface area contributed by atoms with Gasteiger partial charge in [-0.3, -0.25) is 4.90 Å². The molecule has 2 aromatic carbocycles. The molecule has 0 aromatic heterocycles. The number of aromatic hydroxyl groups is 1. The number of hydrogen-bond acceptors (Lipinski definition) is 6. The van der Waals surface area contributed by atoms with E-state index < -0.39 is 0 Å². The molecular formula is C23H29NO5. The van der Waals surface area contributed by atoms with E-state index in [0.717, 1.165) is 35.5 Å². The zero-order valence-corrected chi connectivity index (χ0v) is 17.3. The van der Waals surface area contributed by atoms with Gasteiger partial charge in [-0.05, 0) is 24.1 Å². The van der Waals surface area contributed by atoms with Crippen molar-refractivity contribution in [1.82, 2.24) is 4.90 Å². The maximum absolute atomic E-state index is 11.0. The molecule has 2 aromatic rings. The van der Waals surface area contributed by atoms with Gasteiger partial charge in [-0.15, -0.1) is 0 Å². The molecule has 1 heterocycles. The van der Waals surface area contributed by atoms with Crippen molar-refractivity contribution < 1.29 is 24.1 Å². The molecule has 0 saturated carbocycles. The zero-order valence-electron chi connectivity index (χ0n) is 17.3. The molecule has 0 spiro atoms. The Bertz CT molecular complexity index is 826. The molecule has 0 amide bonds. The number of hydrogen-bond donors (Lipinski definition) is 1. The van der Waals surface area contributed by atoms with Gasteiger partial charge in [-0.1, -0.05) is 24.3 Å². The quantitative estimate of drug-likeness (QED) is 0.733. The van der Waals surface area contributed by atoms with Crippen molar-refractivity contribution in [3.8, 4) is 23.0 Å². The summed E-state index contributed by atoms with van der Waals surface area (Å²) in [5.41, 5.74) is 2.59. The van der Waals surface area contributed by atoms with Gasteiger partial charge in [0.2, 0.25) is 0 Å². The highest BCUT2D eigenvalue weighted by atomic mass is 16.5. The highest BCUT2D eigenvalue weighted by molar-refractivity contribution is 5.59. The minimum Gasteiger partial charge on any atom is -0.507 e. The third kappa shape index (κ3) is 5.22. The normalized spacial score (nSPS) is 14.9. The maximum Gasteiger partial charge on any atom is 0.131 e. The molecule has 0 atom stereocenters. The summed E-state index contributed by atoms with van der Waals surface area (Å²) in [6, 6.07) is 9.68. The van der Waals surface area contributed by atoms with E-state index in [2.05, 4.69) is 4.90 Å². The first-order valence-electron chi connectivity index (χ1n) is 9.72. The fourth-order valence-corrected chi connectivity index (χ4v) is 3.43. The Hall–Kier alpha value is -2.70. The van der Waals surface area contributed by atoms with E-state index in [-0.39, 0.29) is 5.75 Å². The summed E-state index contributed by atoms with van der Waals surface area (Å²) in [5, 5.41) is 11.0. The van der Waals surface area contributed by atoms with Gasteiger partial charge in [0.25, 0.3) is 0 Å². The van der Waals surface area contributed by atoms with Gasteiger partial charge < -0.3 is 24.1 Å². The Kier molecular flexibility index (Phi) is 7.38. The Morgan fingerprint density at radius 1 is 0.966 bits per heavy atom. The molecule has 1 saturated heterocycles. The molecular weight excluding hydrogens is 370 g/mol. The summed E-state index contributed by atoms with van der Waals surface area (Å²) in [5.74, 6) is 2.30. The molecule has 29 heavy (non-hydrogen) atoms. The Morgan fingerprint density at radius 3 is 2.24 bits per heavy atom. The summed E-state index contributed by atoms with van der Waals surface area (Å²) >= 11 is 0. The van der Waals surface area contributed by atoms with E-state index in [1.54, 1.807) is 21.3 Å². The van der Waals surface area contributed by atoms with Crippen LogP contribution in [0.4, 0.5) is 0 Å². The predicted molar refractivity (Wildman–Crippen MR) is 113 cm³/mol. The van der Waals surface area contributed by atoms with Crippen LogP contribution in [0.2, 0.25) is 0 Å². The lowest BCUT2D eigenvalue weighted by Gasteiger charge is -2.28. The molecule has 6 nitrogen and oxygen atoms in total.